The molecule has 10 heteroatoms. The Bertz CT molecular complexity index is 660. The van der Waals surface area contributed by atoms with Crippen molar-refractivity contribution in [3.05, 3.63) is 18.0 Å². The summed E-state index contributed by atoms with van der Waals surface area (Å²) in [5, 5.41) is 7.12. The molecule has 2 aliphatic heterocycles. The van der Waals surface area contributed by atoms with Crippen LogP contribution in [0.4, 0.5) is 19.1 Å². The predicted octanol–water partition coefficient (Wildman–Crippen LogP) is 2.75. The van der Waals surface area contributed by atoms with Crippen LogP contribution < -0.4 is 4.90 Å². The number of aryl methyl sites for hydroxylation is 1. The van der Waals surface area contributed by atoms with Gasteiger partial charge in [-0.25, -0.2) is 14.8 Å². The van der Waals surface area contributed by atoms with Gasteiger partial charge in [0.2, 0.25) is 5.95 Å². The van der Waals surface area contributed by atoms with Crippen molar-refractivity contribution in [1.29, 1.82) is 0 Å². The molecule has 0 aliphatic carbocycles. The zero-order chi connectivity index (χ0) is 21.7. The summed E-state index contributed by atoms with van der Waals surface area (Å²) >= 11 is 0. The second-order valence-corrected chi connectivity index (χ2v) is 7.97. The minimum absolute atomic E-state index is 0.308. The van der Waals surface area contributed by atoms with Gasteiger partial charge in [0.25, 0.3) is 0 Å². The van der Waals surface area contributed by atoms with E-state index in [1.54, 1.807) is 0 Å². The lowest BCUT2D eigenvalue weighted by atomic mass is 9.78. The van der Waals surface area contributed by atoms with Gasteiger partial charge >= 0.3 is 12.1 Å². The number of piperidine rings is 1. The van der Waals surface area contributed by atoms with Gasteiger partial charge in [0.15, 0.2) is 0 Å². The Morgan fingerprint density at radius 1 is 1.21 bits per heavy atom. The van der Waals surface area contributed by atoms with Crippen LogP contribution in [0.1, 0.15) is 32.3 Å². The third-order valence-corrected chi connectivity index (χ3v) is 5.32. The number of hydrogen-bond acceptors (Lipinski definition) is 6. The first-order valence-electron chi connectivity index (χ1n) is 9.68. The second kappa shape index (κ2) is 9.71. The number of nitrogens with zero attached hydrogens (tertiary/aromatic N) is 4. The Kier molecular flexibility index (Phi) is 7.81. The van der Waals surface area contributed by atoms with Gasteiger partial charge in [-0.05, 0) is 39.2 Å². The molecule has 164 valence electrons. The van der Waals surface area contributed by atoms with Crippen LogP contribution in [0.25, 0.3) is 0 Å². The highest BCUT2D eigenvalue weighted by atomic mass is 19.4. The summed E-state index contributed by atoms with van der Waals surface area (Å²) in [5.41, 5.74) is 1.42. The Labute approximate surface area is 168 Å². The number of aromatic nitrogens is 2. The summed E-state index contributed by atoms with van der Waals surface area (Å²) in [4.78, 5) is 22.7. The van der Waals surface area contributed by atoms with Crippen LogP contribution in [0.3, 0.4) is 0 Å². The molecule has 0 saturated carbocycles. The average molecular weight is 418 g/mol. The van der Waals surface area contributed by atoms with Gasteiger partial charge < -0.3 is 14.7 Å². The number of halogens is 3. The molecule has 1 spiro atoms. The van der Waals surface area contributed by atoms with Crippen molar-refractivity contribution in [3.63, 3.8) is 0 Å². The van der Waals surface area contributed by atoms with Crippen molar-refractivity contribution in [2.75, 3.05) is 44.3 Å². The third-order valence-electron chi connectivity index (χ3n) is 5.32. The largest absolute Gasteiger partial charge is 0.490 e. The standard InChI is InChI=1S/C17H28N4O.C2HF3O2/c1-14(2)21-8-9-22-13-17(12-21)4-6-20(7-5-17)16-18-10-15(3)11-19-16;3-2(4,5)1(6)7/h10-11,14H,4-9,12-13H2,1-3H3;(H,6,7). The number of aliphatic carboxylic acids is 1. The summed E-state index contributed by atoms with van der Waals surface area (Å²) in [6.07, 6.45) is 1.05. The molecule has 3 heterocycles. The molecule has 3 rings (SSSR count). The van der Waals surface area contributed by atoms with Crippen molar-refractivity contribution in [1.82, 2.24) is 14.9 Å². The lowest BCUT2D eigenvalue weighted by Gasteiger charge is -2.43. The van der Waals surface area contributed by atoms with E-state index in [0.29, 0.717) is 11.5 Å². The van der Waals surface area contributed by atoms with E-state index in [-0.39, 0.29) is 0 Å². The van der Waals surface area contributed by atoms with Crippen LogP contribution in [-0.4, -0.2) is 77.6 Å². The monoisotopic (exact) mass is 418 g/mol. The van der Waals surface area contributed by atoms with Crippen LogP contribution in [0.15, 0.2) is 12.4 Å². The molecule has 0 radical (unpaired) electrons. The number of carboxylic acids is 1. The van der Waals surface area contributed by atoms with E-state index < -0.39 is 12.1 Å². The quantitative estimate of drug-likeness (QED) is 0.791. The molecule has 1 N–H and O–H groups in total. The number of alkyl halides is 3. The Balaban J connectivity index is 0.000000370. The van der Waals surface area contributed by atoms with E-state index in [1.807, 2.05) is 19.3 Å². The lowest BCUT2D eigenvalue weighted by Crippen LogP contribution is -2.49. The Morgan fingerprint density at radius 2 is 1.76 bits per heavy atom. The Hall–Kier alpha value is -1.94. The van der Waals surface area contributed by atoms with Gasteiger partial charge in [-0.15, -0.1) is 0 Å². The summed E-state index contributed by atoms with van der Waals surface area (Å²) in [7, 11) is 0. The minimum Gasteiger partial charge on any atom is -0.475 e. The molecule has 1 aromatic rings. The normalized spacial score (nSPS) is 20.2. The summed E-state index contributed by atoms with van der Waals surface area (Å²) in [5.74, 6) is -1.89. The fourth-order valence-corrected chi connectivity index (χ4v) is 3.50. The first kappa shape index (κ1) is 23.3. The van der Waals surface area contributed by atoms with Gasteiger partial charge in [-0.2, -0.15) is 13.2 Å². The number of carboxylic acid groups (broad SMARTS) is 1. The van der Waals surface area contributed by atoms with Gasteiger partial charge in [0.1, 0.15) is 0 Å². The van der Waals surface area contributed by atoms with Crippen LogP contribution >= 0.6 is 0 Å². The van der Waals surface area contributed by atoms with Gasteiger partial charge in [0.05, 0.1) is 13.2 Å². The van der Waals surface area contributed by atoms with E-state index in [2.05, 4.69) is 33.6 Å². The first-order chi connectivity index (χ1) is 13.5. The molecular formula is C19H29F3N4O3. The highest BCUT2D eigenvalue weighted by Gasteiger charge is 2.39. The van der Waals surface area contributed by atoms with E-state index in [4.69, 9.17) is 14.6 Å². The number of ether oxygens (including phenoxy) is 1. The molecule has 29 heavy (non-hydrogen) atoms. The van der Waals surface area contributed by atoms with E-state index in [9.17, 15) is 13.2 Å². The SMILES string of the molecule is Cc1cnc(N2CCC3(CC2)COCCN(C(C)C)C3)nc1.O=C(O)C(F)(F)F. The maximum absolute atomic E-state index is 10.6. The molecule has 1 aromatic heterocycles. The molecule has 2 saturated heterocycles. The van der Waals surface area contributed by atoms with Gasteiger partial charge in [-0.1, -0.05) is 0 Å². The Morgan fingerprint density at radius 3 is 2.24 bits per heavy atom. The van der Waals surface area contributed by atoms with Gasteiger partial charge in [-0.3, -0.25) is 4.90 Å². The van der Waals surface area contributed by atoms with Crippen LogP contribution in [0.2, 0.25) is 0 Å². The zero-order valence-electron chi connectivity index (χ0n) is 17.1. The predicted molar refractivity (Wildman–Crippen MR) is 102 cm³/mol. The van der Waals surface area contributed by atoms with E-state index in [1.165, 1.54) is 0 Å². The molecule has 0 aromatic carbocycles. The van der Waals surface area contributed by atoms with Crippen molar-refractivity contribution in [3.8, 4) is 0 Å². The molecular weight excluding hydrogens is 389 g/mol. The van der Waals surface area contributed by atoms with Crippen LogP contribution in [0, 0.1) is 12.3 Å². The number of anilines is 1. The van der Waals surface area contributed by atoms with E-state index in [0.717, 1.165) is 63.7 Å². The molecule has 0 unspecified atom stereocenters. The highest BCUT2D eigenvalue weighted by Crippen LogP contribution is 2.35. The second-order valence-electron chi connectivity index (χ2n) is 7.97. The van der Waals surface area contributed by atoms with Crippen molar-refractivity contribution < 1.29 is 27.8 Å². The van der Waals surface area contributed by atoms with Crippen molar-refractivity contribution in [2.45, 2.75) is 45.8 Å². The maximum atomic E-state index is 10.6. The smallest absolute Gasteiger partial charge is 0.475 e. The fraction of sp³-hybridized carbons (Fsp3) is 0.737. The highest BCUT2D eigenvalue weighted by molar-refractivity contribution is 5.73. The molecule has 2 aliphatic rings. The number of carbonyl (C=O) groups is 1. The first-order valence-corrected chi connectivity index (χ1v) is 9.68. The van der Waals surface area contributed by atoms with Crippen molar-refractivity contribution >= 4 is 11.9 Å². The molecule has 0 atom stereocenters. The molecule has 2 fully saturated rings. The topological polar surface area (TPSA) is 78.8 Å². The minimum atomic E-state index is -5.08. The summed E-state index contributed by atoms with van der Waals surface area (Å²) in [6, 6.07) is 0.594. The molecule has 7 nitrogen and oxygen atoms in total. The fourth-order valence-electron chi connectivity index (χ4n) is 3.50. The zero-order valence-corrected chi connectivity index (χ0v) is 17.1. The van der Waals surface area contributed by atoms with Crippen molar-refractivity contribution in [2.24, 2.45) is 5.41 Å². The molecule has 0 amide bonds. The van der Waals surface area contributed by atoms with Crippen LogP contribution in [-0.2, 0) is 9.53 Å². The number of rotatable bonds is 2. The third kappa shape index (κ3) is 6.81. The van der Waals surface area contributed by atoms with Gasteiger partial charge in [0, 0.05) is 50.0 Å². The molecule has 0 bridgehead atoms. The summed E-state index contributed by atoms with van der Waals surface area (Å²) < 4.78 is 37.7. The van der Waals surface area contributed by atoms with E-state index >= 15 is 0 Å². The summed E-state index contributed by atoms with van der Waals surface area (Å²) in [6.45, 7) is 12.6. The van der Waals surface area contributed by atoms with Crippen LogP contribution in [0.5, 0.6) is 0 Å². The average Bonchev–Trinajstić information content (AvgIpc) is 2.86. The maximum Gasteiger partial charge on any atom is 0.490 e. The lowest BCUT2D eigenvalue weighted by molar-refractivity contribution is -0.192. The number of hydrogen-bond donors (Lipinski definition) is 1.